The molecule has 0 aliphatic carbocycles. The molecule has 8 nitrogen and oxygen atoms in total. The fourth-order valence-electron chi connectivity index (χ4n) is 2.83. The molecule has 0 radical (unpaired) electrons. The Kier molecular flexibility index (Phi) is 5.60. The number of methoxy groups -OCH3 is 2. The molecule has 0 spiro atoms. The van der Waals surface area contributed by atoms with Crippen molar-refractivity contribution in [3.8, 4) is 11.5 Å². The van der Waals surface area contributed by atoms with Crippen molar-refractivity contribution in [3.05, 3.63) is 47.2 Å². The van der Waals surface area contributed by atoms with Crippen LogP contribution in [0.3, 0.4) is 0 Å². The number of hydrogen-bond acceptors (Lipinski definition) is 6. The number of fused-ring (bicyclic) bond motifs is 1. The maximum absolute atomic E-state index is 12.6. The highest BCUT2D eigenvalue weighted by molar-refractivity contribution is 7.15. The molecule has 2 aromatic heterocycles. The summed E-state index contributed by atoms with van der Waals surface area (Å²) in [4.78, 5) is 28.9. The molecule has 0 bridgehead atoms. The molecule has 2 N–H and O–H groups in total. The highest BCUT2D eigenvalue weighted by atomic mass is 32.1. The molecule has 3 aromatic rings. The van der Waals surface area contributed by atoms with Gasteiger partial charge in [-0.1, -0.05) is 0 Å². The smallest absolute Gasteiger partial charge is 0.305 e. The molecule has 1 amide bonds. The number of ether oxygens (including phenoxy) is 2. The summed E-state index contributed by atoms with van der Waals surface area (Å²) in [6.45, 7) is 0. The van der Waals surface area contributed by atoms with Gasteiger partial charge in [-0.15, -0.1) is 11.3 Å². The van der Waals surface area contributed by atoms with Crippen LogP contribution in [0, 0.1) is 0 Å². The minimum atomic E-state index is -1.02. The molecule has 1 aromatic carbocycles. The topological polar surface area (TPSA) is 102 Å². The van der Waals surface area contributed by atoms with Crippen LogP contribution in [0.15, 0.2) is 36.0 Å². The predicted octanol–water partition coefficient (Wildman–Crippen LogP) is 2.29. The van der Waals surface area contributed by atoms with Crippen molar-refractivity contribution in [2.45, 2.75) is 18.9 Å². The molecule has 9 heteroatoms. The third-order valence-electron chi connectivity index (χ3n) is 4.09. The SMILES string of the molecule is COc1ccc(C(CC(=O)O)NC(=O)Cc2csc3nccn23)c(OC)c1. The Labute approximate surface area is 159 Å². The van der Waals surface area contributed by atoms with Crippen LogP contribution < -0.4 is 14.8 Å². The summed E-state index contributed by atoms with van der Waals surface area (Å²) in [5, 5.41) is 13.9. The van der Waals surface area contributed by atoms with Gasteiger partial charge in [-0.25, -0.2) is 4.98 Å². The number of carbonyl (C=O) groups excluding carboxylic acids is 1. The van der Waals surface area contributed by atoms with E-state index in [1.807, 2.05) is 9.78 Å². The van der Waals surface area contributed by atoms with Gasteiger partial charge in [-0.2, -0.15) is 0 Å². The molecule has 3 rings (SSSR count). The second-order valence-electron chi connectivity index (χ2n) is 5.81. The first kappa shape index (κ1) is 18.7. The van der Waals surface area contributed by atoms with E-state index in [2.05, 4.69) is 10.3 Å². The lowest BCUT2D eigenvalue weighted by atomic mass is 10.0. The molecule has 0 fully saturated rings. The normalized spacial score (nSPS) is 11.9. The number of nitrogens with one attached hydrogen (secondary N) is 1. The number of carboxylic acid groups (broad SMARTS) is 1. The van der Waals surface area contributed by atoms with E-state index in [0.29, 0.717) is 17.1 Å². The average Bonchev–Trinajstić information content (AvgIpc) is 3.25. The van der Waals surface area contributed by atoms with Crippen LogP contribution in [0.5, 0.6) is 11.5 Å². The second-order valence-corrected chi connectivity index (χ2v) is 6.65. The van der Waals surface area contributed by atoms with Crippen LogP contribution in [-0.2, 0) is 16.0 Å². The summed E-state index contributed by atoms with van der Waals surface area (Å²) in [5.74, 6) is -0.275. The Morgan fingerprint density at radius 2 is 2.15 bits per heavy atom. The highest BCUT2D eigenvalue weighted by Crippen LogP contribution is 2.31. The third kappa shape index (κ3) is 4.20. The quantitative estimate of drug-likeness (QED) is 0.613. The van der Waals surface area contributed by atoms with Gasteiger partial charge >= 0.3 is 5.97 Å². The zero-order valence-electron chi connectivity index (χ0n) is 14.8. The summed E-state index contributed by atoms with van der Waals surface area (Å²) < 4.78 is 12.4. The van der Waals surface area contributed by atoms with Gasteiger partial charge < -0.3 is 19.9 Å². The maximum atomic E-state index is 12.6. The molecular formula is C18H19N3O5S. The number of amides is 1. The molecule has 0 saturated heterocycles. The van der Waals surface area contributed by atoms with Gasteiger partial charge in [0, 0.05) is 35.1 Å². The Balaban J connectivity index is 1.81. The lowest BCUT2D eigenvalue weighted by Crippen LogP contribution is -2.31. The number of thiazole rings is 1. The van der Waals surface area contributed by atoms with Gasteiger partial charge in [0.05, 0.1) is 33.1 Å². The second kappa shape index (κ2) is 8.09. The monoisotopic (exact) mass is 389 g/mol. The average molecular weight is 389 g/mol. The number of imidazole rings is 1. The largest absolute Gasteiger partial charge is 0.497 e. The molecule has 0 aliphatic rings. The molecule has 1 unspecified atom stereocenters. The number of aromatic nitrogens is 2. The van der Waals surface area contributed by atoms with Crippen LogP contribution in [0.25, 0.3) is 4.96 Å². The Morgan fingerprint density at radius 1 is 1.33 bits per heavy atom. The van der Waals surface area contributed by atoms with Gasteiger partial charge in [0.2, 0.25) is 5.91 Å². The van der Waals surface area contributed by atoms with E-state index in [9.17, 15) is 14.7 Å². The van der Waals surface area contributed by atoms with E-state index in [1.165, 1.54) is 25.6 Å². The fourth-order valence-corrected chi connectivity index (χ4v) is 3.68. The van der Waals surface area contributed by atoms with Gasteiger partial charge in [0.1, 0.15) is 11.5 Å². The molecule has 27 heavy (non-hydrogen) atoms. The number of hydrogen-bond donors (Lipinski definition) is 2. The van der Waals surface area contributed by atoms with Crippen molar-refractivity contribution in [2.24, 2.45) is 0 Å². The third-order valence-corrected chi connectivity index (χ3v) is 4.99. The Hall–Kier alpha value is -3.07. The number of benzene rings is 1. The van der Waals surface area contributed by atoms with E-state index < -0.39 is 12.0 Å². The summed E-state index contributed by atoms with van der Waals surface area (Å²) >= 11 is 1.44. The number of nitrogens with zero attached hydrogens (tertiary/aromatic N) is 2. The summed E-state index contributed by atoms with van der Waals surface area (Å²) in [5.41, 5.74) is 1.37. The van der Waals surface area contributed by atoms with Crippen molar-refractivity contribution >= 4 is 28.2 Å². The van der Waals surface area contributed by atoms with Crippen LogP contribution >= 0.6 is 11.3 Å². The van der Waals surface area contributed by atoms with Crippen molar-refractivity contribution in [1.29, 1.82) is 0 Å². The standard InChI is InChI=1S/C18H19N3O5S/c1-25-12-3-4-13(15(8-12)26-2)14(9-17(23)24)20-16(22)7-11-10-27-18-19-5-6-21(11)18/h3-6,8,10,14H,7,9H2,1-2H3,(H,20,22)(H,23,24). The molecule has 2 heterocycles. The van der Waals surface area contributed by atoms with E-state index in [0.717, 1.165) is 10.7 Å². The number of aliphatic carboxylic acids is 1. The minimum absolute atomic E-state index is 0.116. The van der Waals surface area contributed by atoms with Crippen LogP contribution in [0.1, 0.15) is 23.7 Å². The minimum Gasteiger partial charge on any atom is -0.497 e. The lowest BCUT2D eigenvalue weighted by Gasteiger charge is -2.20. The van der Waals surface area contributed by atoms with Crippen molar-refractivity contribution in [2.75, 3.05) is 14.2 Å². The first-order chi connectivity index (χ1) is 13.0. The van der Waals surface area contributed by atoms with Gasteiger partial charge in [0.15, 0.2) is 4.96 Å². The van der Waals surface area contributed by atoms with Crippen LogP contribution in [0.4, 0.5) is 0 Å². The van der Waals surface area contributed by atoms with Gasteiger partial charge in [-0.3, -0.25) is 14.0 Å². The lowest BCUT2D eigenvalue weighted by molar-refractivity contribution is -0.137. The first-order valence-corrected chi connectivity index (χ1v) is 9.02. The van der Waals surface area contributed by atoms with Crippen molar-refractivity contribution in [3.63, 3.8) is 0 Å². The highest BCUT2D eigenvalue weighted by Gasteiger charge is 2.22. The molecule has 0 aliphatic heterocycles. The summed E-state index contributed by atoms with van der Waals surface area (Å²) in [7, 11) is 3.02. The zero-order valence-corrected chi connectivity index (χ0v) is 15.7. The number of carbonyl (C=O) groups is 2. The van der Waals surface area contributed by atoms with E-state index >= 15 is 0 Å². The summed E-state index contributed by atoms with van der Waals surface area (Å²) in [6, 6.07) is 4.33. The van der Waals surface area contributed by atoms with Crippen molar-refractivity contribution in [1.82, 2.24) is 14.7 Å². The van der Waals surface area contributed by atoms with Gasteiger partial charge in [0.25, 0.3) is 0 Å². The maximum Gasteiger partial charge on any atom is 0.305 e. The molecule has 0 saturated carbocycles. The Morgan fingerprint density at radius 3 is 2.85 bits per heavy atom. The molecule has 142 valence electrons. The first-order valence-electron chi connectivity index (χ1n) is 8.14. The van der Waals surface area contributed by atoms with E-state index in [1.54, 1.807) is 30.6 Å². The fraction of sp³-hybridized carbons (Fsp3) is 0.278. The van der Waals surface area contributed by atoms with Crippen molar-refractivity contribution < 1.29 is 24.2 Å². The van der Waals surface area contributed by atoms with Crippen LogP contribution in [-0.4, -0.2) is 40.6 Å². The molecule has 1 atom stereocenters. The predicted molar refractivity (Wildman–Crippen MR) is 99.5 cm³/mol. The number of rotatable bonds is 8. The molecular weight excluding hydrogens is 370 g/mol. The number of carboxylic acids is 1. The van der Waals surface area contributed by atoms with Crippen LogP contribution in [0.2, 0.25) is 0 Å². The summed E-state index contributed by atoms with van der Waals surface area (Å²) in [6.07, 6.45) is 3.31. The van der Waals surface area contributed by atoms with E-state index in [-0.39, 0.29) is 18.7 Å². The van der Waals surface area contributed by atoms with Gasteiger partial charge in [-0.05, 0) is 12.1 Å². The zero-order chi connectivity index (χ0) is 19.4. The Bertz CT molecular complexity index is 965. The van der Waals surface area contributed by atoms with E-state index in [4.69, 9.17) is 9.47 Å².